The van der Waals surface area contributed by atoms with E-state index in [4.69, 9.17) is 0 Å². The molecule has 0 bridgehead atoms. The van der Waals surface area contributed by atoms with Crippen molar-refractivity contribution in [3.05, 3.63) is 33.8 Å². The van der Waals surface area contributed by atoms with Crippen molar-refractivity contribution in [2.24, 2.45) is 0 Å². The molecule has 68 valence electrons. The first-order valence-electron chi connectivity index (χ1n) is 4.47. The molecule has 0 saturated carbocycles. The predicted octanol–water partition coefficient (Wildman–Crippen LogP) is 3.07. The molecule has 0 saturated heterocycles. The number of carbonyl (C=O) groups is 1. The Balaban J connectivity index is 2.49. The van der Waals surface area contributed by atoms with Gasteiger partial charge in [-0.15, -0.1) is 0 Å². The molecule has 0 heterocycles. The third-order valence-electron chi connectivity index (χ3n) is 2.56. The second kappa shape index (κ2) is 3.26. The summed E-state index contributed by atoms with van der Waals surface area (Å²) in [6.45, 7) is 2.11. The van der Waals surface area contributed by atoms with Crippen molar-refractivity contribution in [2.45, 2.75) is 25.7 Å². The highest BCUT2D eigenvalue weighted by molar-refractivity contribution is 9.10. The number of ketones is 1. The summed E-state index contributed by atoms with van der Waals surface area (Å²) in [5.74, 6) is 0.752. The molecule has 1 aliphatic carbocycles. The van der Waals surface area contributed by atoms with E-state index in [1.165, 1.54) is 11.1 Å². The van der Waals surface area contributed by atoms with Crippen molar-refractivity contribution in [1.82, 2.24) is 0 Å². The van der Waals surface area contributed by atoms with Gasteiger partial charge < -0.3 is 0 Å². The van der Waals surface area contributed by atoms with Crippen LogP contribution in [-0.4, -0.2) is 5.78 Å². The van der Waals surface area contributed by atoms with E-state index in [1.54, 1.807) is 0 Å². The van der Waals surface area contributed by atoms with Gasteiger partial charge in [-0.3, -0.25) is 4.79 Å². The molecule has 0 fully saturated rings. The Morgan fingerprint density at radius 2 is 2.23 bits per heavy atom. The maximum Gasteiger partial charge on any atom is 0.137 e. The maximum absolute atomic E-state index is 11.3. The van der Waals surface area contributed by atoms with Gasteiger partial charge in [0.15, 0.2) is 0 Å². The number of benzene rings is 1. The van der Waals surface area contributed by atoms with Crippen LogP contribution in [0, 0.1) is 0 Å². The van der Waals surface area contributed by atoms with Crippen molar-refractivity contribution in [3.63, 3.8) is 0 Å². The Morgan fingerprint density at radius 3 is 3.00 bits per heavy atom. The Labute approximate surface area is 86.3 Å². The summed E-state index contributed by atoms with van der Waals surface area (Å²) in [6.07, 6.45) is 1.31. The van der Waals surface area contributed by atoms with E-state index in [9.17, 15) is 4.79 Å². The van der Waals surface area contributed by atoms with Gasteiger partial charge in [-0.25, -0.2) is 0 Å². The van der Waals surface area contributed by atoms with Crippen molar-refractivity contribution in [2.75, 3.05) is 0 Å². The second-order valence-corrected chi connectivity index (χ2v) is 4.58. The first kappa shape index (κ1) is 8.95. The summed E-state index contributed by atoms with van der Waals surface area (Å²) in [7, 11) is 0. The van der Waals surface area contributed by atoms with E-state index in [-0.39, 0.29) is 0 Å². The van der Waals surface area contributed by atoms with Gasteiger partial charge in [-0.2, -0.15) is 0 Å². The molecule has 0 aliphatic heterocycles. The minimum atomic E-state index is 0.359. The van der Waals surface area contributed by atoms with Crippen LogP contribution in [-0.2, 0) is 11.2 Å². The van der Waals surface area contributed by atoms with E-state index >= 15 is 0 Å². The molecule has 1 nitrogen and oxygen atoms in total. The first-order chi connectivity index (χ1) is 6.16. The lowest BCUT2D eigenvalue weighted by Gasteiger charge is -2.21. The SMILES string of the molecule is CC1CC(=O)Cc2cc(Br)ccc21. The van der Waals surface area contributed by atoms with Crippen molar-refractivity contribution < 1.29 is 4.79 Å². The van der Waals surface area contributed by atoms with E-state index in [0.717, 1.165) is 4.47 Å². The molecule has 13 heavy (non-hydrogen) atoms. The second-order valence-electron chi connectivity index (χ2n) is 3.66. The van der Waals surface area contributed by atoms with Gasteiger partial charge >= 0.3 is 0 Å². The van der Waals surface area contributed by atoms with Crippen molar-refractivity contribution >= 4 is 21.7 Å². The molecule has 0 aromatic heterocycles. The topological polar surface area (TPSA) is 17.1 Å². The average molecular weight is 239 g/mol. The van der Waals surface area contributed by atoms with Gasteiger partial charge in [0, 0.05) is 17.3 Å². The third-order valence-corrected chi connectivity index (χ3v) is 3.05. The standard InChI is InChI=1S/C11H11BrO/c1-7-4-10(13)6-8-5-9(12)2-3-11(7)8/h2-3,5,7H,4,6H2,1H3. The number of Topliss-reactive ketones (excluding diaryl/α,β-unsaturated/α-hetero) is 1. The molecular weight excluding hydrogens is 228 g/mol. The zero-order valence-corrected chi connectivity index (χ0v) is 9.10. The van der Waals surface area contributed by atoms with Crippen LogP contribution in [0.1, 0.15) is 30.4 Å². The number of hydrogen-bond donors (Lipinski definition) is 0. The van der Waals surface area contributed by atoms with Crippen LogP contribution < -0.4 is 0 Å². The summed E-state index contributed by atoms with van der Waals surface area (Å²) in [6, 6.07) is 6.23. The number of fused-ring (bicyclic) bond motifs is 1. The van der Waals surface area contributed by atoms with Crippen LogP contribution in [0.5, 0.6) is 0 Å². The zero-order chi connectivity index (χ0) is 9.42. The molecule has 0 N–H and O–H groups in total. The highest BCUT2D eigenvalue weighted by atomic mass is 79.9. The lowest BCUT2D eigenvalue weighted by molar-refractivity contribution is -0.119. The third kappa shape index (κ3) is 1.68. The molecule has 0 spiro atoms. The maximum atomic E-state index is 11.3. The van der Waals surface area contributed by atoms with E-state index < -0.39 is 0 Å². The van der Waals surface area contributed by atoms with E-state index in [0.29, 0.717) is 24.5 Å². The molecule has 1 aromatic carbocycles. The molecule has 2 rings (SSSR count). The Morgan fingerprint density at radius 1 is 1.46 bits per heavy atom. The Hall–Kier alpha value is -0.630. The highest BCUT2D eigenvalue weighted by Gasteiger charge is 2.21. The smallest absolute Gasteiger partial charge is 0.137 e. The summed E-state index contributed by atoms with van der Waals surface area (Å²) in [5, 5.41) is 0. The molecule has 2 heteroatoms. The summed E-state index contributed by atoms with van der Waals surface area (Å²) < 4.78 is 1.06. The van der Waals surface area contributed by atoms with E-state index in [1.807, 2.05) is 6.07 Å². The lowest BCUT2D eigenvalue weighted by Crippen LogP contribution is -2.16. The van der Waals surface area contributed by atoms with Crippen LogP contribution in [0.2, 0.25) is 0 Å². The number of rotatable bonds is 0. The van der Waals surface area contributed by atoms with Crippen molar-refractivity contribution in [3.8, 4) is 0 Å². The number of carbonyl (C=O) groups excluding carboxylic acids is 1. The van der Waals surface area contributed by atoms with Crippen LogP contribution in [0.3, 0.4) is 0 Å². The number of halogens is 1. The molecular formula is C11H11BrO. The summed E-state index contributed by atoms with van der Waals surface area (Å²) in [5.41, 5.74) is 2.53. The van der Waals surface area contributed by atoms with Gasteiger partial charge in [0.2, 0.25) is 0 Å². The molecule has 0 radical (unpaired) electrons. The van der Waals surface area contributed by atoms with Crippen LogP contribution in [0.4, 0.5) is 0 Å². The fourth-order valence-electron chi connectivity index (χ4n) is 1.94. The number of hydrogen-bond acceptors (Lipinski definition) is 1. The fourth-order valence-corrected chi connectivity index (χ4v) is 2.35. The zero-order valence-electron chi connectivity index (χ0n) is 7.51. The minimum absolute atomic E-state index is 0.359. The highest BCUT2D eigenvalue weighted by Crippen LogP contribution is 2.30. The average Bonchev–Trinajstić information content (AvgIpc) is 2.02. The summed E-state index contributed by atoms with van der Waals surface area (Å²) in [4.78, 5) is 11.3. The Bertz CT molecular complexity index is 357. The Kier molecular flexibility index (Phi) is 2.24. The van der Waals surface area contributed by atoms with Crippen molar-refractivity contribution in [1.29, 1.82) is 0 Å². The minimum Gasteiger partial charge on any atom is -0.299 e. The molecule has 0 amide bonds. The molecule has 1 unspecified atom stereocenters. The van der Waals surface area contributed by atoms with Crippen LogP contribution in [0.15, 0.2) is 22.7 Å². The predicted molar refractivity (Wildman–Crippen MR) is 55.9 cm³/mol. The van der Waals surface area contributed by atoms with Gasteiger partial charge in [-0.1, -0.05) is 28.9 Å². The normalized spacial score (nSPS) is 21.4. The van der Waals surface area contributed by atoms with E-state index in [2.05, 4.69) is 35.0 Å². The van der Waals surface area contributed by atoms with Crippen LogP contribution in [0.25, 0.3) is 0 Å². The monoisotopic (exact) mass is 238 g/mol. The molecule has 1 aromatic rings. The molecule has 1 aliphatic rings. The van der Waals surface area contributed by atoms with Crippen LogP contribution >= 0.6 is 15.9 Å². The van der Waals surface area contributed by atoms with Gasteiger partial charge in [0.05, 0.1) is 0 Å². The lowest BCUT2D eigenvalue weighted by atomic mass is 9.83. The quantitative estimate of drug-likeness (QED) is 0.679. The molecule has 1 atom stereocenters. The van der Waals surface area contributed by atoms with Gasteiger partial charge in [-0.05, 0) is 29.2 Å². The van der Waals surface area contributed by atoms with Gasteiger partial charge in [0.25, 0.3) is 0 Å². The summed E-state index contributed by atoms with van der Waals surface area (Å²) >= 11 is 3.42. The fraction of sp³-hybridized carbons (Fsp3) is 0.364. The largest absolute Gasteiger partial charge is 0.299 e. The first-order valence-corrected chi connectivity index (χ1v) is 5.26. The van der Waals surface area contributed by atoms with Gasteiger partial charge in [0.1, 0.15) is 5.78 Å².